The molecule has 1 saturated carbocycles. The number of pyridine rings is 1. The van der Waals surface area contributed by atoms with E-state index in [1.807, 2.05) is 61.5 Å². The molecule has 0 bridgehead atoms. The zero-order valence-electron chi connectivity index (χ0n) is 22.2. The molecule has 0 unspecified atom stereocenters. The van der Waals surface area contributed by atoms with Crippen LogP contribution in [-0.2, 0) is 6.54 Å². The summed E-state index contributed by atoms with van der Waals surface area (Å²) in [5, 5.41) is 4.56. The number of nitrogens with one attached hydrogen (secondary N) is 1. The van der Waals surface area contributed by atoms with E-state index in [-0.39, 0.29) is 11.9 Å². The van der Waals surface area contributed by atoms with Crippen LogP contribution in [0.2, 0.25) is 5.02 Å². The molecule has 198 valence electrons. The molecule has 7 heteroatoms. The van der Waals surface area contributed by atoms with Gasteiger partial charge in [-0.25, -0.2) is 4.98 Å². The van der Waals surface area contributed by atoms with Gasteiger partial charge in [-0.1, -0.05) is 42.8 Å². The number of carbonyl (C=O) groups is 1. The molecule has 1 aliphatic carbocycles. The number of carbonyl (C=O) groups excluding carboxylic acids is 1. The minimum Gasteiger partial charge on any atom is -0.494 e. The highest BCUT2D eigenvalue weighted by molar-refractivity contribution is 7.21. The van der Waals surface area contributed by atoms with Crippen molar-refractivity contribution >= 4 is 44.7 Å². The monoisotopic (exact) mass is 547 g/mol. The topological polar surface area (TPSA) is 54.5 Å². The van der Waals surface area contributed by atoms with Crippen molar-refractivity contribution in [2.75, 3.05) is 19.0 Å². The van der Waals surface area contributed by atoms with E-state index in [1.165, 1.54) is 11.3 Å². The first-order valence-electron chi connectivity index (χ1n) is 13.4. The van der Waals surface area contributed by atoms with Gasteiger partial charge in [-0.2, -0.15) is 0 Å². The molecule has 0 spiro atoms. The molecule has 1 fully saturated rings. The molecular weight excluding hydrogens is 514 g/mol. The van der Waals surface area contributed by atoms with Crippen LogP contribution in [0.15, 0.2) is 60.8 Å². The lowest BCUT2D eigenvalue weighted by atomic mass is 9.86. The fourth-order valence-electron chi connectivity index (χ4n) is 5.28. The van der Waals surface area contributed by atoms with Crippen LogP contribution in [0, 0.1) is 5.92 Å². The van der Waals surface area contributed by atoms with Gasteiger partial charge in [0.2, 0.25) is 0 Å². The largest absolute Gasteiger partial charge is 0.494 e. The molecule has 1 amide bonds. The van der Waals surface area contributed by atoms with Crippen LogP contribution in [0.4, 0.5) is 5.82 Å². The summed E-state index contributed by atoms with van der Waals surface area (Å²) in [6, 6.07) is 18.4. The Kier molecular flexibility index (Phi) is 8.20. The molecular formula is C31H34ClN3O2S. The number of hydrogen-bond acceptors (Lipinski definition) is 5. The summed E-state index contributed by atoms with van der Waals surface area (Å²) in [5.41, 5.74) is 3.06. The molecule has 2 aromatic carbocycles. The van der Waals surface area contributed by atoms with Crippen molar-refractivity contribution in [1.82, 2.24) is 9.88 Å². The second-order valence-electron chi connectivity index (χ2n) is 10.0. The minimum absolute atomic E-state index is 0.00337. The van der Waals surface area contributed by atoms with Gasteiger partial charge in [-0.05, 0) is 74.4 Å². The maximum atomic E-state index is 14.2. The van der Waals surface area contributed by atoms with E-state index in [1.54, 1.807) is 0 Å². The van der Waals surface area contributed by atoms with Crippen LogP contribution in [0.1, 0.15) is 54.8 Å². The maximum absolute atomic E-state index is 14.2. The molecule has 38 heavy (non-hydrogen) atoms. The molecule has 1 aliphatic rings. The van der Waals surface area contributed by atoms with E-state index in [4.69, 9.17) is 16.3 Å². The van der Waals surface area contributed by atoms with Crippen molar-refractivity contribution in [2.45, 2.75) is 52.1 Å². The highest BCUT2D eigenvalue weighted by atomic mass is 35.5. The fraction of sp³-hybridized carbons (Fsp3) is 0.355. The average molecular weight is 548 g/mol. The number of aromatic nitrogens is 1. The Hall–Kier alpha value is -3.09. The second-order valence-corrected chi connectivity index (χ2v) is 11.5. The van der Waals surface area contributed by atoms with Gasteiger partial charge >= 0.3 is 0 Å². The number of halogens is 1. The number of nitrogens with zero attached hydrogens (tertiary/aromatic N) is 2. The number of anilines is 1. The van der Waals surface area contributed by atoms with Crippen LogP contribution in [0.5, 0.6) is 5.75 Å². The molecule has 1 N–H and O–H groups in total. The normalized spacial score (nSPS) is 17.4. The lowest BCUT2D eigenvalue weighted by molar-refractivity contribution is 0.0596. The van der Waals surface area contributed by atoms with Crippen LogP contribution >= 0.6 is 22.9 Å². The number of fused-ring (bicyclic) bond motifs is 1. The standard InChI is InChI=1S/C31H34ClN3O2S/c1-4-37-26-15-11-21(22-12-16-28(33-3)34-18-22)17-23(26)19-35(24-13-9-20(2)10-14-24)31(36)30-29(32)25-7-5-6-8-27(25)38-30/h5-8,11-12,15-18,20,24H,4,9-10,13-14,19H2,1-3H3,(H,33,34)/t20-,24-. The van der Waals surface area contributed by atoms with Crippen molar-refractivity contribution in [1.29, 1.82) is 0 Å². The van der Waals surface area contributed by atoms with E-state index in [9.17, 15) is 4.79 Å². The van der Waals surface area contributed by atoms with Gasteiger partial charge in [0.25, 0.3) is 5.91 Å². The van der Waals surface area contributed by atoms with Gasteiger partial charge in [0.05, 0.1) is 11.6 Å². The third-order valence-electron chi connectivity index (χ3n) is 7.47. The summed E-state index contributed by atoms with van der Waals surface area (Å²) in [6.07, 6.45) is 6.10. The number of hydrogen-bond donors (Lipinski definition) is 1. The smallest absolute Gasteiger partial charge is 0.266 e. The minimum atomic E-state index is 0.00337. The highest BCUT2D eigenvalue weighted by Crippen LogP contribution is 2.39. The Balaban J connectivity index is 1.53. The van der Waals surface area contributed by atoms with Crippen molar-refractivity contribution in [3.05, 3.63) is 76.3 Å². The first-order chi connectivity index (χ1) is 18.5. The number of benzene rings is 2. The van der Waals surface area contributed by atoms with Crippen molar-refractivity contribution in [3.63, 3.8) is 0 Å². The van der Waals surface area contributed by atoms with Gasteiger partial charge in [0, 0.05) is 47.0 Å². The summed E-state index contributed by atoms with van der Waals surface area (Å²) in [6.45, 7) is 5.31. The number of thiophene rings is 1. The third-order valence-corrected chi connectivity index (χ3v) is 9.13. The molecule has 0 aliphatic heterocycles. The van der Waals surface area contributed by atoms with E-state index >= 15 is 0 Å². The predicted molar refractivity (Wildman–Crippen MR) is 159 cm³/mol. The Labute approximate surface area is 233 Å². The average Bonchev–Trinajstić information content (AvgIpc) is 3.29. The Morgan fingerprint density at radius 2 is 1.87 bits per heavy atom. The molecule has 5 rings (SSSR count). The summed E-state index contributed by atoms with van der Waals surface area (Å²) in [7, 11) is 1.86. The molecule has 2 heterocycles. The molecule has 0 saturated heterocycles. The molecule has 5 nitrogen and oxygen atoms in total. The number of ether oxygens (including phenoxy) is 1. The lowest BCUT2D eigenvalue weighted by Gasteiger charge is -2.36. The summed E-state index contributed by atoms with van der Waals surface area (Å²) in [4.78, 5) is 21.4. The van der Waals surface area contributed by atoms with Crippen molar-refractivity contribution in [2.24, 2.45) is 5.92 Å². The lowest BCUT2D eigenvalue weighted by Crippen LogP contribution is -2.41. The Bertz CT molecular complexity index is 1410. The number of rotatable bonds is 8. The highest BCUT2D eigenvalue weighted by Gasteiger charge is 2.31. The third kappa shape index (κ3) is 5.52. The van der Waals surface area contributed by atoms with Crippen molar-refractivity contribution < 1.29 is 9.53 Å². The summed E-state index contributed by atoms with van der Waals surface area (Å²) >= 11 is 8.28. The maximum Gasteiger partial charge on any atom is 0.266 e. The summed E-state index contributed by atoms with van der Waals surface area (Å²) < 4.78 is 7.07. The van der Waals surface area contributed by atoms with Crippen LogP contribution < -0.4 is 10.1 Å². The van der Waals surface area contributed by atoms with Crippen LogP contribution in [0.3, 0.4) is 0 Å². The molecule has 4 aromatic rings. The quantitative estimate of drug-likeness (QED) is 0.241. The van der Waals surface area contributed by atoms with Gasteiger partial charge in [-0.15, -0.1) is 11.3 Å². The Morgan fingerprint density at radius 3 is 2.55 bits per heavy atom. The van der Waals surface area contributed by atoms with Gasteiger partial charge in [0.1, 0.15) is 16.4 Å². The molecule has 2 aromatic heterocycles. The zero-order valence-corrected chi connectivity index (χ0v) is 23.7. The second kappa shape index (κ2) is 11.7. The van der Waals surface area contributed by atoms with Gasteiger partial charge in [0.15, 0.2) is 0 Å². The van der Waals surface area contributed by atoms with Crippen LogP contribution in [-0.4, -0.2) is 35.5 Å². The van der Waals surface area contributed by atoms with E-state index in [0.29, 0.717) is 29.0 Å². The number of amides is 1. The molecule has 0 radical (unpaired) electrons. The van der Waals surface area contributed by atoms with E-state index < -0.39 is 0 Å². The molecule has 0 atom stereocenters. The Morgan fingerprint density at radius 1 is 1.11 bits per heavy atom. The van der Waals surface area contributed by atoms with Crippen molar-refractivity contribution in [3.8, 4) is 16.9 Å². The van der Waals surface area contributed by atoms with Crippen LogP contribution in [0.25, 0.3) is 21.2 Å². The fourth-order valence-corrected chi connectivity index (χ4v) is 6.75. The summed E-state index contributed by atoms with van der Waals surface area (Å²) in [5.74, 6) is 2.32. The first-order valence-corrected chi connectivity index (χ1v) is 14.6. The predicted octanol–water partition coefficient (Wildman–Crippen LogP) is 8.28. The van der Waals surface area contributed by atoms with Gasteiger partial charge < -0.3 is 15.0 Å². The first kappa shape index (κ1) is 26.5. The van der Waals surface area contributed by atoms with E-state index in [2.05, 4.69) is 35.4 Å². The van der Waals surface area contributed by atoms with E-state index in [0.717, 1.165) is 64.0 Å². The zero-order chi connectivity index (χ0) is 26.6. The van der Waals surface area contributed by atoms with Gasteiger partial charge in [-0.3, -0.25) is 4.79 Å². The SMILES string of the molecule is CCOc1ccc(-c2ccc(NC)nc2)cc1CN(C(=O)c1sc2ccccc2c1Cl)[C@H]1CC[C@H](C)CC1.